The molecule has 1 aliphatic heterocycles. The second kappa shape index (κ2) is 7.99. The van der Waals surface area contributed by atoms with Crippen LogP contribution in [0.2, 0.25) is 0 Å². The Morgan fingerprint density at radius 1 is 1.25 bits per heavy atom. The molecule has 1 amide bonds. The van der Waals surface area contributed by atoms with E-state index in [1.807, 2.05) is 18.9 Å². The molecule has 0 aromatic heterocycles. The molecule has 2 unspecified atom stereocenters. The van der Waals surface area contributed by atoms with E-state index in [9.17, 15) is 9.90 Å². The third kappa shape index (κ3) is 5.41. The quantitative estimate of drug-likeness (QED) is 0.811. The third-order valence-electron chi connectivity index (χ3n) is 4.54. The standard InChI is InChI=1S/C16H32N2O2/c1-12(2)10-13(3)17(5)16(20)11-18-8-6-15(7-9-18)14(4)19/h12-15,19H,6-11H2,1-5H3. The van der Waals surface area contributed by atoms with Crippen LogP contribution in [0.5, 0.6) is 0 Å². The zero-order chi connectivity index (χ0) is 15.3. The van der Waals surface area contributed by atoms with Crippen molar-refractivity contribution < 1.29 is 9.90 Å². The average molecular weight is 284 g/mol. The van der Waals surface area contributed by atoms with E-state index in [-0.39, 0.29) is 12.0 Å². The number of aliphatic hydroxyl groups excluding tert-OH is 1. The third-order valence-corrected chi connectivity index (χ3v) is 4.54. The Kier molecular flexibility index (Phi) is 6.96. The lowest BCUT2D eigenvalue weighted by Crippen LogP contribution is -2.45. The van der Waals surface area contributed by atoms with Gasteiger partial charge in [-0.15, -0.1) is 0 Å². The molecule has 1 fully saturated rings. The van der Waals surface area contributed by atoms with Gasteiger partial charge in [-0.25, -0.2) is 0 Å². The van der Waals surface area contributed by atoms with Crippen molar-refractivity contribution >= 4 is 5.91 Å². The second-order valence-electron chi connectivity index (χ2n) is 6.84. The summed E-state index contributed by atoms with van der Waals surface area (Å²) in [5.41, 5.74) is 0. The van der Waals surface area contributed by atoms with E-state index >= 15 is 0 Å². The second-order valence-corrected chi connectivity index (χ2v) is 6.84. The predicted octanol–water partition coefficient (Wildman–Crippen LogP) is 1.97. The van der Waals surface area contributed by atoms with E-state index in [4.69, 9.17) is 0 Å². The lowest BCUT2D eigenvalue weighted by molar-refractivity contribution is -0.133. The van der Waals surface area contributed by atoms with E-state index < -0.39 is 0 Å². The topological polar surface area (TPSA) is 43.8 Å². The number of aliphatic hydroxyl groups is 1. The van der Waals surface area contributed by atoms with E-state index in [1.165, 1.54) is 0 Å². The molecule has 118 valence electrons. The number of amides is 1. The Morgan fingerprint density at radius 3 is 2.25 bits per heavy atom. The Labute approximate surface area is 124 Å². The molecular formula is C16H32N2O2. The Bertz CT molecular complexity index is 297. The highest BCUT2D eigenvalue weighted by atomic mass is 16.3. The normalized spacial score (nSPS) is 20.9. The van der Waals surface area contributed by atoms with Crippen LogP contribution in [0.3, 0.4) is 0 Å². The summed E-state index contributed by atoms with van der Waals surface area (Å²) in [5, 5.41) is 9.60. The molecule has 2 atom stereocenters. The van der Waals surface area contributed by atoms with Crippen molar-refractivity contribution in [3.63, 3.8) is 0 Å². The van der Waals surface area contributed by atoms with Crippen LogP contribution in [0, 0.1) is 11.8 Å². The molecular weight excluding hydrogens is 252 g/mol. The van der Waals surface area contributed by atoms with Crippen LogP contribution in [-0.2, 0) is 4.79 Å². The fourth-order valence-electron chi connectivity index (χ4n) is 2.98. The number of likely N-dealkylation sites (tertiary alicyclic amines) is 1. The molecule has 0 aromatic carbocycles. The maximum atomic E-state index is 12.3. The molecule has 0 aliphatic carbocycles. The summed E-state index contributed by atoms with van der Waals surface area (Å²) in [6.45, 7) is 10.7. The van der Waals surface area contributed by atoms with E-state index in [1.54, 1.807) is 0 Å². The van der Waals surface area contributed by atoms with E-state index in [0.717, 1.165) is 32.4 Å². The molecule has 4 nitrogen and oxygen atoms in total. The van der Waals surface area contributed by atoms with Crippen molar-refractivity contribution in [2.75, 3.05) is 26.7 Å². The van der Waals surface area contributed by atoms with Crippen molar-refractivity contribution in [2.45, 2.75) is 59.1 Å². The molecule has 4 heteroatoms. The highest BCUT2D eigenvalue weighted by Crippen LogP contribution is 2.20. The number of rotatable bonds is 6. The van der Waals surface area contributed by atoms with Crippen molar-refractivity contribution in [1.29, 1.82) is 0 Å². The molecule has 0 saturated carbocycles. The lowest BCUT2D eigenvalue weighted by Gasteiger charge is -2.34. The summed E-state index contributed by atoms with van der Waals surface area (Å²) in [6, 6.07) is 0.303. The van der Waals surface area contributed by atoms with Crippen molar-refractivity contribution in [1.82, 2.24) is 9.80 Å². The van der Waals surface area contributed by atoms with E-state index in [0.29, 0.717) is 24.4 Å². The van der Waals surface area contributed by atoms with Crippen molar-refractivity contribution in [3.05, 3.63) is 0 Å². The number of hydrogen-bond acceptors (Lipinski definition) is 3. The van der Waals surface area contributed by atoms with Crippen molar-refractivity contribution in [3.8, 4) is 0 Å². The van der Waals surface area contributed by atoms with Gasteiger partial charge in [-0.3, -0.25) is 9.69 Å². The summed E-state index contributed by atoms with van der Waals surface area (Å²) in [6.07, 6.45) is 2.82. The summed E-state index contributed by atoms with van der Waals surface area (Å²) < 4.78 is 0. The van der Waals surface area contributed by atoms with Crippen LogP contribution < -0.4 is 0 Å². The van der Waals surface area contributed by atoms with Gasteiger partial charge in [0.1, 0.15) is 0 Å². The summed E-state index contributed by atoms with van der Waals surface area (Å²) in [4.78, 5) is 16.4. The number of carbonyl (C=O) groups excluding carboxylic acids is 1. The van der Waals surface area contributed by atoms with Gasteiger partial charge in [0.25, 0.3) is 0 Å². The van der Waals surface area contributed by atoms with Gasteiger partial charge >= 0.3 is 0 Å². The zero-order valence-electron chi connectivity index (χ0n) is 13.8. The van der Waals surface area contributed by atoms with Crippen LogP contribution >= 0.6 is 0 Å². The Hall–Kier alpha value is -0.610. The van der Waals surface area contributed by atoms with Crippen LogP contribution in [0.1, 0.15) is 47.0 Å². The number of hydrogen-bond donors (Lipinski definition) is 1. The average Bonchev–Trinajstić information content (AvgIpc) is 2.37. The van der Waals surface area contributed by atoms with E-state index in [2.05, 4.69) is 25.7 Å². The SMILES string of the molecule is CC(C)CC(C)N(C)C(=O)CN1CCC(C(C)O)CC1. The van der Waals surface area contributed by atoms with Crippen molar-refractivity contribution in [2.24, 2.45) is 11.8 Å². The lowest BCUT2D eigenvalue weighted by atomic mass is 9.92. The van der Waals surface area contributed by atoms with Gasteiger partial charge in [0.2, 0.25) is 5.91 Å². The van der Waals surface area contributed by atoms with Gasteiger partial charge < -0.3 is 10.0 Å². The molecule has 1 heterocycles. The first-order valence-corrected chi connectivity index (χ1v) is 7.97. The van der Waals surface area contributed by atoms with Gasteiger partial charge in [-0.2, -0.15) is 0 Å². The molecule has 1 rings (SSSR count). The van der Waals surface area contributed by atoms with Crippen LogP contribution in [0.15, 0.2) is 0 Å². The smallest absolute Gasteiger partial charge is 0.236 e. The largest absolute Gasteiger partial charge is 0.393 e. The minimum atomic E-state index is -0.221. The molecule has 0 radical (unpaired) electrons. The number of likely N-dealkylation sites (N-methyl/N-ethyl adjacent to an activating group) is 1. The zero-order valence-corrected chi connectivity index (χ0v) is 13.8. The molecule has 0 spiro atoms. The molecule has 1 saturated heterocycles. The summed E-state index contributed by atoms with van der Waals surface area (Å²) in [5.74, 6) is 1.23. The Balaban J connectivity index is 2.36. The minimum Gasteiger partial charge on any atom is -0.393 e. The molecule has 1 N–H and O–H groups in total. The summed E-state index contributed by atoms with van der Waals surface area (Å²) >= 11 is 0. The molecule has 1 aliphatic rings. The number of nitrogens with zero attached hydrogens (tertiary/aromatic N) is 2. The highest BCUT2D eigenvalue weighted by molar-refractivity contribution is 5.78. The fourth-order valence-corrected chi connectivity index (χ4v) is 2.98. The minimum absolute atomic E-state index is 0.216. The van der Waals surface area contributed by atoms with Crippen LogP contribution in [0.25, 0.3) is 0 Å². The first-order chi connectivity index (χ1) is 9.31. The molecule has 20 heavy (non-hydrogen) atoms. The highest BCUT2D eigenvalue weighted by Gasteiger charge is 2.25. The maximum absolute atomic E-state index is 12.3. The fraction of sp³-hybridized carbons (Fsp3) is 0.938. The molecule has 0 bridgehead atoms. The van der Waals surface area contributed by atoms with Crippen LogP contribution in [-0.4, -0.2) is 59.6 Å². The van der Waals surface area contributed by atoms with Gasteiger partial charge in [0.05, 0.1) is 12.6 Å². The maximum Gasteiger partial charge on any atom is 0.236 e. The van der Waals surface area contributed by atoms with Crippen LogP contribution in [0.4, 0.5) is 0 Å². The molecule has 0 aromatic rings. The monoisotopic (exact) mass is 284 g/mol. The summed E-state index contributed by atoms with van der Waals surface area (Å²) in [7, 11) is 1.91. The number of carbonyl (C=O) groups is 1. The first-order valence-electron chi connectivity index (χ1n) is 7.97. The van der Waals surface area contributed by atoms with Gasteiger partial charge in [0.15, 0.2) is 0 Å². The van der Waals surface area contributed by atoms with Gasteiger partial charge in [0, 0.05) is 13.1 Å². The first kappa shape index (κ1) is 17.4. The van der Waals surface area contributed by atoms with Gasteiger partial charge in [-0.1, -0.05) is 13.8 Å². The van der Waals surface area contributed by atoms with Gasteiger partial charge in [-0.05, 0) is 58.0 Å². The predicted molar refractivity (Wildman–Crippen MR) is 82.5 cm³/mol. The Morgan fingerprint density at radius 2 is 1.80 bits per heavy atom. The number of piperidine rings is 1.